The smallest absolute Gasteiger partial charge is 0.251 e. The number of aromatic nitrogens is 2. The number of hydrogen-bond acceptors (Lipinski definition) is 3. The minimum Gasteiger partial charge on any atom is -0.387 e. The van der Waals surface area contributed by atoms with E-state index in [1.165, 1.54) is 0 Å². The molecule has 0 fully saturated rings. The van der Waals surface area contributed by atoms with Crippen molar-refractivity contribution in [3.63, 3.8) is 0 Å². The summed E-state index contributed by atoms with van der Waals surface area (Å²) in [6.07, 6.45) is 2.44. The third kappa shape index (κ3) is 1.82. The van der Waals surface area contributed by atoms with Crippen LogP contribution in [0.15, 0.2) is 6.20 Å². The van der Waals surface area contributed by atoms with Gasteiger partial charge in [0.1, 0.15) is 12.4 Å². The summed E-state index contributed by atoms with van der Waals surface area (Å²) in [4.78, 5) is 10.7. The van der Waals surface area contributed by atoms with Crippen LogP contribution in [0.2, 0.25) is 0 Å². The van der Waals surface area contributed by atoms with Gasteiger partial charge in [-0.15, -0.1) is 0 Å². The number of hydrogen-bond donors (Lipinski definition) is 3. The van der Waals surface area contributed by atoms with E-state index in [1.807, 2.05) is 6.92 Å². The molecule has 1 rings (SSSR count). The van der Waals surface area contributed by atoms with Gasteiger partial charge in [-0.1, -0.05) is 6.92 Å². The first kappa shape index (κ1) is 8.73. The summed E-state index contributed by atoms with van der Waals surface area (Å²) in [5, 5.41) is 17.3. The van der Waals surface area contributed by atoms with Crippen LogP contribution >= 0.6 is 0 Å². The number of aliphatic hydroxyl groups is 1. The first-order valence-corrected chi connectivity index (χ1v) is 3.71. The number of aromatic amines is 1. The zero-order valence-electron chi connectivity index (χ0n) is 6.79. The number of H-pyrrole nitrogens is 1. The van der Waals surface area contributed by atoms with E-state index in [4.69, 9.17) is 5.11 Å². The van der Waals surface area contributed by atoms with Crippen LogP contribution in [-0.2, 0) is 11.2 Å². The number of nitrogens with zero attached hydrogens (tertiary/aromatic N) is 1. The lowest BCUT2D eigenvalue weighted by atomic mass is 10.2. The van der Waals surface area contributed by atoms with Crippen LogP contribution in [0.1, 0.15) is 12.5 Å². The van der Waals surface area contributed by atoms with E-state index >= 15 is 0 Å². The maximum Gasteiger partial charge on any atom is 0.251 e. The lowest BCUT2D eigenvalue weighted by Gasteiger charge is -2.00. The molecule has 0 aliphatic heterocycles. The minimum atomic E-state index is -0.512. The molecule has 1 amide bonds. The fourth-order valence-corrected chi connectivity index (χ4v) is 0.866. The summed E-state index contributed by atoms with van der Waals surface area (Å²) >= 11 is 0. The minimum absolute atomic E-state index is 0.436. The van der Waals surface area contributed by atoms with Crippen LogP contribution in [0, 0.1) is 0 Å². The zero-order chi connectivity index (χ0) is 8.97. The summed E-state index contributed by atoms with van der Waals surface area (Å²) in [5.41, 5.74) is 0.928. The van der Waals surface area contributed by atoms with E-state index in [1.54, 1.807) is 6.20 Å². The van der Waals surface area contributed by atoms with Crippen molar-refractivity contribution in [3.05, 3.63) is 11.8 Å². The van der Waals surface area contributed by atoms with Crippen molar-refractivity contribution in [2.45, 2.75) is 13.3 Å². The van der Waals surface area contributed by atoms with E-state index < -0.39 is 12.5 Å². The molecule has 5 nitrogen and oxygen atoms in total. The Kier molecular flexibility index (Phi) is 2.82. The highest BCUT2D eigenvalue weighted by molar-refractivity contribution is 5.91. The molecule has 0 saturated carbocycles. The molecule has 1 aromatic heterocycles. The molecular weight excluding hydrogens is 158 g/mol. The highest BCUT2D eigenvalue weighted by atomic mass is 16.3. The molecular formula is C7H11N3O2. The third-order valence-corrected chi connectivity index (χ3v) is 1.51. The summed E-state index contributed by atoms with van der Waals surface area (Å²) < 4.78 is 0. The molecule has 0 saturated heterocycles. The lowest BCUT2D eigenvalue weighted by Crippen LogP contribution is -2.16. The normalized spacial score (nSPS) is 9.83. The van der Waals surface area contributed by atoms with Crippen LogP contribution in [0.4, 0.5) is 5.82 Å². The highest BCUT2D eigenvalue weighted by Crippen LogP contribution is 2.10. The number of anilines is 1. The number of aryl methyl sites for hydroxylation is 1. The van der Waals surface area contributed by atoms with Gasteiger partial charge >= 0.3 is 0 Å². The number of rotatable bonds is 3. The van der Waals surface area contributed by atoms with E-state index in [0.29, 0.717) is 5.82 Å². The Hall–Kier alpha value is -1.36. The lowest BCUT2D eigenvalue weighted by molar-refractivity contribution is -0.118. The molecule has 0 spiro atoms. The third-order valence-electron chi connectivity index (χ3n) is 1.51. The fourth-order valence-electron chi connectivity index (χ4n) is 0.866. The Labute approximate surface area is 69.8 Å². The molecule has 1 aromatic rings. The Bertz CT molecular complexity index is 269. The van der Waals surface area contributed by atoms with Crippen molar-refractivity contribution in [2.75, 3.05) is 11.9 Å². The summed E-state index contributed by atoms with van der Waals surface area (Å²) in [6.45, 7) is 1.45. The van der Waals surface area contributed by atoms with E-state index in [2.05, 4.69) is 15.5 Å². The van der Waals surface area contributed by atoms with Crippen molar-refractivity contribution in [3.8, 4) is 0 Å². The molecule has 0 unspecified atom stereocenters. The van der Waals surface area contributed by atoms with Gasteiger partial charge in [0, 0.05) is 5.56 Å². The van der Waals surface area contributed by atoms with Gasteiger partial charge in [-0.3, -0.25) is 9.89 Å². The molecule has 12 heavy (non-hydrogen) atoms. The SMILES string of the molecule is CCc1cn[nH]c1NC(=O)CO. The van der Waals surface area contributed by atoms with E-state index in [9.17, 15) is 4.79 Å². The Morgan fingerprint density at radius 3 is 3.17 bits per heavy atom. The number of amides is 1. The predicted octanol–water partition coefficient (Wildman–Crippen LogP) is -0.0971. The first-order chi connectivity index (χ1) is 5.77. The van der Waals surface area contributed by atoms with Crippen molar-refractivity contribution in [1.82, 2.24) is 10.2 Å². The largest absolute Gasteiger partial charge is 0.387 e. The maximum atomic E-state index is 10.7. The number of aliphatic hydroxyl groups excluding tert-OH is 1. The van der Waals surface area contributed by atoms with Crippen molar-refractivity contribution in [2.24, 2.45) is 0 Å². The second kappa shape index (κ2) is 3.87. The number of nitrogens with one attached hydrogen (secondary N) is 2. The molecule has 0 atom stereocenters. The molecule has 0 aromatic carbocycles. The second-order valence-electron chi connectivity index (χ2n) is 2.33. The van der Waals surface area contributed by atoms with Gasteiger partial charge < -0.3 is 10.4 Å². The van der Waals surface area contributed by atoms with Crippen LogP contribution in [-0.4, -0.2) is 27.8 Å². The van der Waals surface area contributed by atoms with Gasteiger partial charge in [0.25, 0.3) is 5.91 Å². The first-order valence-electron chi connectivity index (χ1n) is 3.71. The van der Waals surface area contributed by atoms with Gasteiger partial charge in [0.15, 0.2) is 0 Å². The summed E-state index contributed by atoms with van der Waals surface area (Å²) in [5.74, 6) is 0.130. The standard InChI is InChI=1S/C7H11N3O2/c1-2-5-3-8-10-7(5)9-6(12)4-11/h3,11H,2,4H2,1H3,(H2,8,9,10,12). The maximum absolute atomic E-state index is 10.7. The molecule has 0 aliphatic carbocycles. The second-order valence-corrected chi connectivity index (χ2v) is 2.33. The van der Waals surface area contributed by atoms with Crippen molar-refractivity contribution >= 4 is 11.7 Å². The van der Waals surface area contributed by atoms with Gasteiger partial charge in [-0.25, -0.2) is 0 Å². The summed E-state index contributed by atoms with van der Waals surface area (Å²) in [6, 6.07) is 0. The molecule has 3 N–H and O–H groups in total. The van der Waals surface area contributed by atoms with Crippen LogP contribution in [0.3, 0.4) is 0 Å². The van der Waals surface area contributed by atoms with Crippen LogP contribution in [0.25, 0.3) is 0 Å². The quantitative estimate of drug-likeness (QED) is 0.591. The van der Waals surface area contributed by atoms with Gasteiger partial charge in [0.05, 0.1) is 6.20 Å². The average Bonchev–Trinajstić information content (AvgIpc) is 2.51. The topological polar surface area (TPSA) is 78.0 Å². The fraction of sp³-hybridized carbons (Fsp3) is 0.429. The number of carbonyl (C=O) groups excluding carboxylic acids is 1. The summed E-state index contributed by atoms with van der Waals surface area (Å²) in [7, 11) is 0. The molecule has 0 bridgehead atoms. The molecule has 5 heteroatoms. The van der Waals surface area contributed by atoms with Crippen LogP contribution in [0.5, 0.6) is 0 Å². The molecule has 0 radical (unpaired) electrons. The van der Waals surface area contributed by atoms with Crippen molar-refractivity contribution < 1.29 is 9.90 Å². The predicted molar refractivity (Wildman–Crippen MR) is 43.7 cm³/mol. The molecule has 66 valence electrons. The van der Waals surface area contributed by atoms with Gasteiger partial charge in [-0.2, -0.15) is 5.10 Å². The van der Waals surface area contributed by atoms with E-state index in [-0.39, 0.29) is 0 Å². The van der Waals surface area contributed by atoms with Crippen molar-refractivity contribution in [1.29, 1.82) is 0 Å². The Balaban J connectivity index is 2.68. The van der Waals surface area contributed by atoms with Crippen LogP contribution < -0.4 is 5.32 Å². The highest BCUT2D eigenvalue weighted by Gasteiger charge is 2.05. The van der Waals surface area contributed by atoms with Gasteiger partial charge in [-0.05, 0) is 6.42 Å². The number of carbonyl (C=O) groups is 1. The molecule has 0 aliphatic rings. The Morgan fingerprint density at radius 1 is 1.83 bits per heavy atom. The van der Waals surface area contributed by atoms with Gasteiger partial charge in [0.2, 0.25) is 0 Å². The monoisotopic (exact) mass is 169 g/mol. The Morgan fingerprint density at radius 2 is 2.58 bits per heavy atom. The zero-order valence-corrected chi connectivity index (χ0v) is 6.79. The molecule has 1 heterocycles. The van der Waals surface area contributed by atoms with E-state index in [0.717, 1.165) is 12.0 Å². The average molecular weight is 169 g/mol.